The lowest BCUT2D eigenvalue weighted by Crippen LogP contribution is -2.53. The molecule has 0 spiro atoms. The minimum absolute atomic E-state index is 0. The summed E-state index contributed by atoms with van der Waals surface area (Å²) in [4.78, 5) is 6.94. The van der Waals surface area contributed by atoms with Gasteiger partial charge in [0.05, 0.1) is 19.5 Å². The first-order valence-electron chi connectivity index (χ1n) is 10.6. The first-order chi connectivity index (χ1) is 13.8. The summed E-state index contributed by atoms with van der Waals surface area (Å²) in [5.74, 6) is 2.40. The topological polar surface area (TPSA) is 71.3 Å². The Morgan fingerprint density at radius 2 is 2.00 bits per heavy atom. The molecule has 2 heterocycles. The van der Waals surface area contributed by atoms with E-state index in [2.05, 4.69) is 34.4 Å². The van der Waals surface area contributed by atoms with Gasteiger partial charge in [-0.2, -0.15) is 0 Å². The molecule has 0 saturated carbocycles. The predicted octanol–water partition coefficient (Wildman–Crippen LogP) is 3.11. The summed E-state index contributed by atoms with van der Waals surface area (Å²) >= 11 is 0. The lowest BCUT2D eigenvalue weighted by atomic mass is 9.92. The number of ether oxygens (including phenoxy) is 2. The predicted molar refractivity (Wildman–Crippen MR) is 128 cm³/mol. The summed E-state index contributed by atoms with van der Waals surface area (Å²) in [6, 6.07) is 4.31. The van der Waals surface area contributed by atoms with Crippen molar-refractivity contribution in [2.75, 3.05) is 53.0 Å². The fourth-order valence-electron chi connectivity index (χ4n) is 3.71. The maximum Gasteiger partial charge on any atom is 0.191 e. The molecule has 2 N–H and O–H groups in total. The highest BCUT2D eigenvalue weighted by Gasteiger charge is 2.26. The fourth-order valence-corrected chi connectivity index (χ4v) is 3.71. The van der Waals surface area contributed by atoms with Gasteiger partial charge in [0.15, 0.2) is 5.96 Å². The third-order valence-electron chi connectivity index (χ3n) is 5.39. The van der Waals surface area contributed by atoms with Crippen molar-refractivity contribution in [1.82, 2.24) is 15.5 Å². The zero-order valence-electron chi connectivity index (χ0n) is 18.2. The maximum atomic E-state index is 5.62. The van der Waals surface area contributed by atoms with Crippen LogP contribution in [0.25, 0.3) is 0 Å². The molecule has 0 aromatic carbocycles. The van der Waals surface area contributed by atoms with E-state index in [1.807, 2.05) is 19.2 Å². The Morgan fingerprint density at radius 1 is 1.24 bits per heavy atom. The van der Waals surface area contributed by atoms with Crippen LogP contribution < -0.4 is 10.6 Å². The van der Waals surface area contributed by atoms with Gasteiger partial charge in [0.25, 0.3) is 0 Å². The molecule has 1 aliphatic rings. The highest BCUT2D eigenvalue weighted by molar-refractivity contribution is 14.0. The lowest BCUT2D eigenvalue weighted by Gasteiger charge is -2.39. The second-order valence-corrected chi connectivity index (χ2v) is 7.16. The van der Waals surface area contributed by atoms with Gasteiger partial charge in [-0.25, -0.2) is 0 Å². The minimum Gasteiger partial charge on any atom is -0.467 e. The van der Waals surface area contributed by atoms with E-state index in [1.54, 1.807) is 6.26 Å². The quantitative estimate of drug-likeness (QED) is 0.190. The number of furan rings is 1. The van der Waals surface area contributed by atoms with E-state index in [9.17, 15) is 0 Å². The van der Waals surface area contributed by atoms with Crippen molar-refractivity contribution in [1.29, 1.82) is 0 Å². The normalized spacial score (nSPS) is 16.5. The smallest absolute Gasteiger partial charge is 0.191 e. The molecule has 8 heteroatoms. The van der Waals surface area contributed by atoms with E-state index < -0.39 is 0 Å². The molecule has 1 saturated heterocycles. The Kier molecular flexibility index (Phi) is 14.4. The number of morpholine rings is 1. The standard InChI is InChI=1S/C21H38N4O3.HI/c1-4-18(5-2)20(25-10-14-26-15-11-25)16-24-21(22-3)23-9-7-12-27-17-19-8-6-13-28-19;/h6,8,13,18,20H,4-5,7,9-12,14-17H2,1-3H3,(H2,22,23,24);1H. The molecule has 0 radical (unpaired) electrons. The number of hydrogen-bond donors (Lipinski definition) is 2. The Morgan fingerprint density at radius 3 is 2.62 bits per heavy atom. The highest BCUT2D eigenvalue weighted by atomic mass is 127. The Bertz CT molecular complexity index is 532. The number of rotatable bonds is 12. The van der Waals surface area contributed by atoms with Gasteiger partial charge in [0.2, 0.25) is 0 Å². The van der Waals surface area contributed by atoms with Crippen LogP contribution in [0.4, 0.5) is 0 Å². The number of nitrogens with zero attached hydrogens (tertiary/aromatic N) is 2. The van der Waals surface area contributed by atoms with Crippen LogP contribution in [0.15, 0.2) is 27.8 Å². The largest absolute Gasteiger partial charge is 0.467 e. The molecule has 1 aromatic rings. The summed E-state index contributed by atoms with van der Waals surface area (Å²) in [7, 11) is 1.82. The van der Waals surface area contributed by atoms with Crippen LogP contribution in [0.1, 0.15) is 38.9 Å². The number of halogens is 1. The average molecular weight is 522 g/mol. The van der Waals surface area contributed by atoms with Crippen molar-refractivity contribution in [3.63, 3.8) is 0 Å². The molecule has 1 unspecified atom stereocenters. The molecule has 2 rings (SSSR count). The van der Waals surface area contributed by atoms with Gasteiger partial charge in [0, 0.05) is 45.9 Å². The van der Waals surface area contributed by atoms with E-state index in [1.165, 1.54) is 12.8 Å². The van der Waals surface area contributed by atoms with E-state index in [0.717, 1.165) is 57.5 Å². The van der Waals surface area contributed by atoms with Crippen LogP contribution in [0, 0.1) is 5.92 Å². The summed E-state index contributed by atoms with van der Waals surface area (Å²) < 4.78 is 16.4. The second kappa shape index (κ2) is 15.9. The van der Waals surface area contributed by atoms with Crippen molar-refractivity contribution in [2.45, 2.75) is 45.8 Å². The molecule has 1 atom stereocenters. The number of nitrogens with one attached hydrogen (secondary N) is 2. The summed E-state index contributed by atoms with van der Waals surface area (Å²) in [5.41, 5.74) is 0. The van der Waals surface area contributed by atoms with E-state index in [-0.39, 0.29) is 24.0 Å². The summed E-state index contributed by atoms with van der Waals surface area (Å²) in [5, 5.41) is 6.92. The minimum atomic E-state index is 0. The molecule has 1 aliphatic heterocycles. The number of guanidine groups is 1. The van der Waals surface area contributed by atoms with Gasteiger partial charge in [-0.3, -0.25) is 9.89 Å². The van der Waals surface area contributed by atoms with Crippen LogP contribution in [0.2, 0.25) is 0 Å². The molecule has 7 nitrogen and oxygen atoms in total. The van der Waals surface area contributed by atoms with Gasteiger partial charge in [0.1, 0.15) is 12.4 Å². The lowest BCUT2D eigenvalue weighted by molar-refractivity contribution is 0.00272. The van der Waals surface area contributed by atoms with E-state index in [0.29, 0.717) is 25.2 Å². The van der Waals surface area contributed by atoms with Gasteiger partial charge in [-0.15, -0.1) is 24.0 Å². The number of aliphatic imine (C=N–C) groups is 1. The summed E-state index contributed by atoms with van der Waals surface area (Å²) in [6.07, 6.45) is 4.97. The summed E-state index contributed by atoms with van der Waals surface area (Å²) in [6.45, 7) is 11.2. The van der Waals surface area contributed by atoms with Crippen molar-refractivity contribution >= 4 is 29.9 Å². The van der Waals surface area contributed by atoms with Crippen LogP contribution in [0.5, 0.6) is 0 Å². The van der Waals surface area contributed by atoms with Gasteiger partial charge in [-0.05, 0) is 24.5 Å². The number of hydrogen-bond acceptors (Lipinski definition) is 5. The van der Waals surface area contributed by atoms with Crippen LogP contribution in [0.3, 0.4) is 0 Å². The van der Waals surface area contributed by atoms with Gasteiger partial charge in [-0.1, -0.05) is 26.7 Å². The van der Waals surface area contributed by atoms with Gasteiger partial charge < -0.3 is 24.5 Å². The van der Waals surface area contributed by atoms with Gasteiger partial charge >= 0.3 is 0 Å². The molecule has 29 heavy (non-hydrogen) atoms. The van der Waals surface area contributed by atoms with Crippen molar-refractivity contribution in [3.05, 3.63) is 24.2 Å². The van der Waals surface area contributed by atoms with E-state index >= 15 is 0 Å². The maximum absolute atomic E-state index is 5.62. The Labute approximate surface area is 193 Å². The van der Waals surface area contributed by atoms with E-state index in [4.69, 9.17) is 13.9 Å². The first kappa shape index (κ1) is 26.2. The first-order valence-corrected chi connectivity index (χ1v) is 10.6. The SMILES string of the molecule is CCC(CC)C(CNC(=NC)NCCCOCc1ccco1)N1CCOCC1.I. The highest BCUT2D eigenvalue weighted by Crippen LogP contribution is 2.19. The van der Waals surface area contributed by atoms with Crippen molar-refractivity contribution < 1.29 is 13.9 Å². The zero-order chi connectivity index (χ0) is 20.0. The second-order valence-electron chi connectivity index (χ2n) is 7.16. The monoisotopic (exact) mass is 522 g/mol. The molecule has 168 valence electrons. The van der Waals surface area contributed by atoms with Crippen LogP contribution in [-0.2, 0) is 16.1 Å². The average Bonchev–Trinajstić information content (AvgIpc) is 3.26. The molecule has 0 bridgehead atoms. The molecule has 0 aliphatic carbocycles. The Balaban J connectivity index is 0.00000420. The third-order valence-corrected chi connectivity index (χ3v) is 5.39. The van der Waals surface area contributed by atoms with Crippen LogP contribution in [-0.4, -0.2) is 69.9 Å². The molecular formula is C21H39IN4O3. The third kappa shape index (κ3) is 9.67. The molecule has 0 amide bonds. The molecule has 1 aromatic heterocycles. The molecule has 1 fully saturated rings. The fraction of sp³-hybridized carbons (Fsp3) is 0.762. The molecular weight excluding hydrogens is 483 g/mol. The van der Waals surface area contributed by atoms with Crippen molar-refractivity contribution in [3.8, 4) is 0 Å². The van der Waals surface area contributed by atoms with Crippen LogP contribution >= 0.6 is 24.0 Å². The zero-order valence-corrected chi connectivity index (χ0v) is 20.5. The van der Waals surface area contributed by atoms with Crippen molar-refractivity contribution in [2.24, 2.45) is 10.9 Å². The Hall–Kier alpha value is -0.840.